The van der Waals surface area contributed by atoms with Crippen LogP contribution in [0.25, 0.3) is 5.57 Å². The summed E-state index contributed by atoms with van der Waals surface area (Å²) in [5.41, 5.74) is 2.69. The van der Waals surface area contributed by atoms with Gasteiger partial charge in [-0.2, -0.15) is 0 Å². The summed E-state index contributed by atoms with van der Waals surface area (Å²) >= 11 is 0. The molecule has 0 bridgehead atoms. The average Bonchev–Trinajstić information content (AvgIpc) is 2.90. The first kappa shape index (κ1) is 25.8. The van der Waals surface area contributed by atoms with Crippen LogP contribution < -0.4 is 23.8 Å². The number of carbonyl (C=O) groups excluding carboxylic acids is 1. The Labute approximate surface area is 216 Å². The number of allylic oxidation sites excluding steroid dienone is 1. The minimum absolute atomic E-state index is 0.0255. The molecule has 0 saturated carbocycles. The van der Waals surface area contributed by atoms with Crippen molar-refractivity contribution in [3.63, 3.8) is 0 Å². The maximum Gasteiger partial charge on any atom is 0.270 e. The zero-order valence-electron chi connectivity index (χ0n) is 20.9. The van der Waals surface area contributed by atoms with Crippen LogP contribution in [0, 0.1) is 0 Å². The third-order valence-electron chi connectivity index (χ3n) is 5.92. The first-order chi connectivity index (χ1) is 17.8. The number of nitrogens with zero attached hydrogens (tertiary/aromatic N) is 1. The molecule has 0 fully saturated rings. The Bertz CT molecular complexity index is 1450. The van der Waals surface area contributed by atoms with E-state index in [4.69, 9.17) is 14.2 Å². The van der Waals surface area contributed by atoms with E-state index in [9.17, 15) is 13.2 Å². The van der Waals surface area contributed by atoms with E-state index in [1.807, 2.05) is 30.3 Å². The highest BCUT2D eigenvalue weighted by atomic mass is 32.2. The number of hydrogen-bond donors (Lipinski definition) is 1. The van der Waals surface area contributed by atoms with Crippen molar-refractivity contribution in [2.45, 2.75) is 13.5 Å². The molecular weight excluding hydrogens is 492 g/mol. The van der Waals surface area contributed by atoms with Crippen LogP contribution in [0.3, 0.4) is 0 Å². The second-order valence-corrected chi connectivity index (χ2v) is 10.1. The summed E-state index contributed by atoms with van der Waals surface area (Å²) in [5.74, 6) is 0.671. The SMILES string of the molecule is C=CCN1c2cc(OC)c(OC)cc2C(C)=C(C(=O)Nc2ccc(OCc3ccccc3)cc2)S1(=O)=O. The lowest BCUT2D eigenvalue weighted by atomic mass is 10.0. The topological polar surface area (TPSA) is 94.2 Å². The van der Waals surface area contributed by atoms with Crippen LogP contribution in [0.2, 0.25) is 0 Å². The van der Waals surface area contributed by atoms with Gasteiger partial charge < -0.3 is 19.5 Å². The Balaban J connectivity index is 1.63. The van der Waals surface area contributed by atoms with Crippen molar-refractivity contribution in [1.29, 1.82) is 0 Å². The summed E-state index contributed by atoms with van der Waals surface area (Å²) in [6.45, 7) is 5.66. The van der Waals surface area contributed by atoms with Crippen LogP contribution in [-0.2, 0) is 21.4 Å². The fraction of sp³-hybridized carbons (Fsp3) is 0.179. The highest BCUT2D eigenvalue weighted by Crippen LogP contribution is 2.45. The number of nitrogens with one attached hydrogen (secondary N) is 1. The normalized spacial score (nSPS) is 14.0. The Kier molecular flexibility index (Phi) is 7.54. The number of hydrogen-bond acceptors (Lipinski definition) is 6. The summed E-state index contributed by atoms with van der Waals surface area (Å²) in [4.78, 5) is 13.0. The Morgan fingerprint density at radius 3 is 2.27 bits per heavy atom. The molecule has 3 aromatic rings. The number of ether oxygens (including phenoxy) is 3. The first-order valence-electron chi connectivity index (χ1n) is 11.5. The Morgan fingerprint density at radius 2 is 1.65 bits per heavy atom. The molecule has 0 saturated heterocycles. The van der Waals surface area contributed by atoms with E-state index in [0.717, 1.165) is 9.87 Å². The quantitative estimate of drug-likeness (QED) is 0.400. The Morgan fingerprint density at radius 1 is 1.00 bits per heavy atom. The molecule has 9 heteroatoms. The largest absolute Gasteiger partial charge is 0.493 e. The van der Waals surface area contributed by atoms with Gasteiger partial charge in [0.05, 0.1) is 26.5 Å². The van der Waals surface area contributed by atoms with Crippen LogP contribution in [0.4, 0.5) is 11.4 Å². The van der Waals surface area contributed by atoms with Gasteiger partial charge in [-0.05, 0) is 48.4 Å². The predicted molar refractivity (Wildman–Crippen MR) is 144 cm³/mol. The van der Waals surface area contributed by atoms with E-state index < -0.39 is 15.9 Å². The van der Waals surface area contributed by atoms with Crippen molar-refractivity contribution in [3.05, 3.63) is 95.4 Å². The van der Waals surface area contributed by atoms with E-state index in [0.29, 0.717) is 46.4 Å². The van der Waals surface area contributed by atoms with E-state index in [-0.39, 0.29) is 11.4 Å². The minimum Gasteiger partial charge on any atom is -0.493 e. The average molecular weight is 521 g/mol. The van der Waals surface area contributed by atoms with Crippen LogP contribution in [0.15, 0.2) is 84.3 Å². The maximum atomic E-state index is 13.6. The zero-order chi connectivity index (χ0) is 26.6. The fourth-order valence-corrected chi connectivity index (χ4v) is 5.81. The van der Waals surface area contributed by atoms with Gasteiger partial charge in [0.25, 0.3) is 15.9 Å². The summed E-state index contributed by atoms with van der Waals surface area (Å²) in [6, 6.07) is 19.7. The summed E-state index contributed by atoms with van der Waals surface area (Å²) in [7, 11) is -1.23. The molecular formula is C28H28N2O6S. The molecule has 37 heavy (non-hydrogen) atoms. The van der Waals surface area contributed by atoms with Crippen molar-refractivity contribution in [3.8, 4) is 17.2 Å². The smallest absolute Gasteiger partial charge is 0.270 e. The van der Waals surface area contributed by atoms with Crippen LogP contribution in [-0.4, -0.2) is 35.1 Å². The number of rotatable bonds is 9. The third-order valence-corrected chi connectivity index (χ3v) is 7.86. The van der Waals surface area contributed by atoms with Crippen LogP contribution >= 0.6 is 0 Å². The van der Waals surface area contributed by atoms with Crippen LogP contribution in [0.1, 0.15) is 18.1 Å². The molecule has 1 aliphatic rings. The molecule has 1 amide bonds. The van der Waals surface area contributed by atoms with E-state index >= 15 is 0 Å². The lowest BCUT2D eigenvalue weighted by Gasteiger charge is -2.32. The third kappa shape index (κ3) is 5.17. The number of amides is 1. The molecule has 0 aromatic heterocycles. The Hall–Kier alpha value is -4.24. The molecule has 1 N–H and O–H groups in total. The lowest BCUT2D eigenvalue weighted by Crippen LogP contribution is -2.39. The first-order valence-corrected chi connectivity index (χ1v) is 12.9. The van der Waals surface area contributed by atoms with E-state index in [1.165, 1.54) is 20.3 Å². The molecule has 1 heterocycles. The molecule has 0 spiro atoms. The van der Waals surface area contributed by atoms with E-state index in [1.54, 1.807) is 43.3 Å². The number of fused-ring (bicyclic) bond motifs is 1. The van der Waals surface area contributed by atoms with E-state index in [2.05, 4.69) is 11.9 Å². The summed E-state index contributed by atoms with van der Waals surface area (Å²) < 4.78 is 44.9. The number of benzene rings is 3. The second kappa shape index (κ2) is 10.8. The van der Waals surface area contributed by atoms with Crippen molar-refractivity contribution < 1.29 is 27.4 Å². The van der Waals surface area contributed by atoms with Gasteiger partial charge in [-0.3, -0.25) is 9.10 Å². The van der Waals surface area contributed by atoms with Crippen LogP contribution in [0.5, 0.6) is 17.2 Å². The van der Waals surface area contributed by atoms with Crippen molar-refractivity contribution in [1.82, 2.24) is 0 Å². The van der Waals surface area contributed by atoms with Gasteiger partial charge in [-0.1, -0.05) is 36.4 Å². The van der Waals surface area contributed by atoms with Gasteiger partial charge in [0, 0.05) is 17.3 Å². The molecule has 0 unspecified atom stereocenters. The maximum absolute atomic E-state index is 13.6. The standard InChI is InChI=1S/C28H28N2O6S/c1-5-15-30-24-17-26(35-4)25(34-3)16-23(24)19(2)27(37(30,32)33)28(31)29-21-11-13-22(14-12-21)36-18-20-9-7-6-8-10-20/h5-14,16-17H,1,15,18H2,2-4H3,(H,29,31). The minimum atomic E-state index is -4.19. The monoisotopic (exact) mass is 520 g/mol. The van der Waals surface area contributed by atoms with Crippen molar-refractivity contribution in [2.24, 2.45) is 0 Å². The van der Waals surface area contributed by atoms with Gasteiger partial charge in [-0.15, -0.1) is 6.58 Å². The molecule has 3 aromatic carbocycles. The van der Waals surface area contributed by atoms with Gasteiger partial charge in [0.15, 0.2) is 16.4 Å². The second-order valence-electron chi connectivity index (χ2n) is 8.26. The number of carbonyl (C=O) groups is 1. The van der Waals surface area contributed by atoms with Gasteiger partial charge >= 0.3 is 0 Å². The number of sulfonamides is 1. The highest BCUT2D eigenvalue weighted by molar-refractivity contribution is 7.97. The zero-order valence-corrected chi connectivity index (χ0v) is 21.7. The van der Waals surface area contributed by atoms with Gasteiger partial charge in [-0.25, -0.2) is 8.42 Å². The lowest BCUT2D eigenvalue weighted by molar-refractivity contribution is -0.112. The molecule has 4 rings (SSSR count). The molecule has 8 nitrogen and oxygen atoms in total. The predicted octanol–water partition coefficient (Wildman–Crippen LogP) is 4.99. The summed E-state index contributed by atoms with van der Waals surface area (Å²) in [6.07, 6.45) is 1.46. The van der Waals surface area contributed by atoms with Gasteiger partial charge in [0.2, 0.25) is 0 Å². The molecule has 0 atom stereocenters. The molecule has 0 aliphatic carbocycles. The van der Waals surface area contributed by atoms with Crippen molar-refractivity contribution >= 4 is 32.9 Å². The van der Waals surface area contributed by atoms with Gasteiger partial charge in [0.1, 0.15) is 12.4 Å². The fourth-order valence-electron chi connectivity index (χ4n) is 4.09. The number of methoxy groups -OCH3 is 2. The number of anilines is 2. The summed E-state index contributed by atoms with van der Waals surface area (Å²) in [5, 5.41) is 2.70. The molecule has 192 valence electrons. The van der Waals surface area contributed by atoms with Crippen molar-refractivity contribution in [2.75, 3.05) is 30.4 Å². The molecule has 1 aliphatic heterocycles. The molecule has 0 radical (unpaired) electrons. The highest BCUT2D eigenvalue weighted by Gasteiger charge is 2.40.